The van der Waals surface area contributed by atoms with Crippen LogP contribution in [0.15, 0.2) is 24.3 Å². The Labute approximate surface area is 147 Å². The Morgan fingerprint density at radius 1 is 1.24 bits per heavy atom. The molecule has 6 nitrogen and oxygen atoms in total. The normalized spacial score (nSPS) is 14.2. The molecular formula is C19H21N3O3. The summed E-state index contributed by atoms with van der Waals surface area (Å²) >= 11 is 0. The van der Waals surface area contributed by atoms with Crippen molar-refractivity contribution in [2.24, 2.45) is 11.7 Å². The molecular weight excluding hydrogens is 318 g/mol. The lowest BCUT2D eigenvalue weighted by Gasteiger charge is -2.29. The lowest BCUT2D eigenvalue weighted by Crippen LogP contribution is -2.61. The second-order valence-corrected chi connectivity index (χ2v) is 6.57. The van der Waals surface area contributed by atoms with Crippen LogP contribution >= 0.6 is 0 Å². The third kappa shape index (κ3) is 5.65. The molecule has 2 amide bonds. The Kier molecular flexibility index (Phi) is 5.82. The van der Waals surface area contributed by atoms with Gasteiger partial charge in [0.1, 0.15) is 6.04 Å². The second kappa shape index (κ2) is 7.85. The number of nitrogens with one attached hydrogen (secondary N) is 2. The SMILES string of the molecule is CC(C)(N)[C@H](NC(=O)c1ccc(C#CC#CC2CC2)cc1)C(=O)NO. The molecule has 1 aliphatic carbocycles. The van der Waals surface area contributed by atoms with E-state index in [0.717, 1.165) is 18.4 Å². The van der Waals surface area contributed by atoms with Crippen LogP contribution in [0.2, 0.25) is 0 Å². The van der Waals surface area contributed by atoms with Crippen LogP contribution < -0.4 is 16.5 Å². The van der Waals surface area contributed by atoms with E-state index in [0.29, 0.717) is 11.5 Å². The summed E-state index contributed by atoms with van der Waals surface area (Å²) < 4.78 is 0. The third-order valence-corrected chi connectivity index (χ3v) is 3.66. The van der Waals surface area contributed by atoms with Crippen LogP contribution in [0.4, 0.5) is 0 Å². The highest BCUT2D eigenvalue weighted by atomic mass is 16.5. The summed E-state index contributed by atoms with van der Waals surface area (Å²) in [6.45, 7) is 3.16. The number of carbonyl (C=O) groups is 2. The zero-order valence-electron chi connectivity index (χ0n) is 14.2. The molecule has 0 unspecified atom stereocenters. The number of hydrogen-bond acceptors (Lipinski definition) is 4. The number of benzene rings is 1. The van der Waals surface area contributed by atoms with Crippen molar-refractivity contribution in [3.05, 3.63) is 35.4 Å². The van der Waals surface area contributed by atoms with Gasteiger partial charge in [0.2, 0.25) is 0 Å². The van der Waals surface area contributed by atoms with Crippen LogP contribution in [0.5, 0.6) is 0 Å². The Balaban J connectivity index is 2.04. The molecule has 1 atom stereocenters. The van der Waals surface area contributed by atoms with Gasteiger partial charge in [0.15, 0.2) is 0 Å². The van der Waals surface area contributed by atoms with Crippen molar-refractivity contribution in [1.29, 1.82) is 0 Å². The van der Waals surface area contributed by atoms with E-state index in [9.17, 15) is 9.59 Å². The minimum Gasteiger partial charge on any atom is -0.338 e. The minimum atomic E-state index is -1.08. The summed E-state index contributed by atoms with van der Waals surface area (Å²) in [5, 5.41) is 11.3. The highest BCUT2D eigenvalue weighted by Crippen LogP contribution is 2.27. The molecule has 0 aliphatic heterocycles. The van der Waals surface area contributed by atoms with Gasteiger partial charge in [-0.25, -0.2) is 5.48 Å². The van der Waals surface area contributed by atoms with E-state index < -0.39 is 23.4 Å². The van der Waals surface area contributed by atoms with Crippen molar-refractivity contribution in [1.82, 2.24) is 10.8 Å². The zero-order chi connectivity index (χ0) is 18.4. The standard InChI is InChI=1S/C19H21N3O3/c1-19(2,20)16(18(24)22-25)21-17(23)15-11-9-14(10-12-15)6-4-3-5-13-7-8-13/h9-13,16,25H,7-8,20H2,1-2H3,(H,21,23)(H,22,24)/t16-/m1/s1. The molecule has 6 heteroatoms. The molecule has 0 aromatic heterocycles. The lowest BCUT2D eigenvalue weighted by atomic mass is 9.95. The van der Waals surface area contributed by atoms with Crippen molar-refractivity contribution < 1.29 is 14.8 Å². The van der Waals surface area contributed by atoms with Crippen LogP contribution in [0.3, 0.4) is 0 Å². The van der Waals surface area contributed by atoms with E-state index in [-0.39, 0.29) is 0 Å². The summed E-state index contributed by atoms with van der Waals surface area (Å²) in [6.07, 6.45) is 2.32. The maximum absolute atomic E-state index is 12.3. The zero-order valence-corrected chi connectivity index (χ0v) is 14.2. The number of nitrogens with two attached hydrogens (primary N) is 1. The summed E-state index contributed by atoms with van der Waals surface area (Å²) in [4.78, 5) is 24.0. The maximum atomic E-state index is 12.3. The average Bonchev–Trinajstić information content (AvgIpc) is 3.39. The molecule has 25 heavy (non-hydrogen) atoms. The van der Waals surface area contributed by atoms with Crippen molar-refractivity contribution in [2.45, 2.75) is 38.3 Å². The van der Waals surface area contributed by atoms with Gasteiger partial charge >= 0.3 is 0 Å². The van der Waals surface area contributed by atoms with Gasteiger partial charge in [-0.05, 0) is 62.8 Å². The first kappa shape index (κ1) is 18.5. The maximum Gasteiger partial charge on any atom is 0.267 e. The number of rotatable bonds is 4. The molecule has 1 fully saturated rings. The Bertz CT molecular complexity index is 767. The highest BCUT2D eigenvalue weighted by Gasteiger charge is 2.33. The van der Waals surface area contributed by atoms with Gasteiger partial charge in [0, 0.05) is 22.6 Å². The van der Waals surface area contributed by atoms with Gasteiger partial charge in [-0.2, -0.15) is 0 Å². The first-order chi connectivity index (χ1) is 11.8. The Morgan fingerprint density at radius 3 is 2.40 bits per heavy atom. The van der Waals surface area contributed by atoms with Gasteiger partial charge in [0.05, 0.1) is 0 Å². The average molecular weight is 339 g/mol. The van der Waals surface area contributed by atoms with Gasteiger partial charge in [0.25, 0.3) is 11.8 Å². The largest absolute Gasteiger partial charge is 0.338 e. The monoisotopic (exact) mass is 339 g/mol. The second-order valence-electron chi connectivity index (χ2n) is 6.57. The summed E-state index contributed by atoms with van der Waals surface area (Å²) in [6, 6.07) is 5.53. The fraction of sp³-hybridized carbons (Fsp3) is 0.368. The van der Waals surface area contributed by atoms with Gasteiger partial charge in [-0.1, -0.05) is 11.8 Å². The quantitative estimate of drug-likeness (QED) is 0.370. The fourth-order valence-corrected chi connectivity index (χ4v) is 2.04. The van der Waals surface area contributed by atoms with E-state index >= 15 is 0 Å². The molecule has 5 N–H and O–H groups in total. The predicted octanol–water partition coefficient (Wildman–Crippen LogP) is 0.793. The molecule has 130 valence electrons. The smallest absolute Gasteiger partial charge is 0.267 e. The van der Waals surface area contributed by atoms with Crippen LogP contribution in [-0.4, -0.2) is 28.6 Å². The number of hydrogen-bond donors (Lipinski definition) is 4. The summed E-state index contributed by atoms with van der Waals surface area (Å²) in [5.41, 5.74) is 7.45. The van der Waals surface area contributed by atoms with E-state index in [4.69, 9.17) is 10.9 Å². The highest BCUT2D eigenvalue weighted by molar-refractivity contribution is 5.97. The van der Waals surface area contributed by atoms with Gasteiger partial charge in [-0.15, -0.1) is 0 Å². The predicted molar refractivity (Wildman–Crippen MR) is 93.3 cm³/mol. The van der Waals surface area contributed by atoms with Crippen LogP contribution in [0, 0.1) is 29.6 Å². The molecule has 0 heterocycles. The lowest BCUT2D eigenvalue weighted by molar-refractivity contribution is -0.132. The van der Waals surface area contributed by atoms with Crippen molar-refractivity contribution in [3.63, 3.8) is 0 Å². The minimum absolute atomic E-state index is 0.356. The number of amides is 2. The number of hydroxylamine groups is 1. The van der Waals surface area contributed by atoms with E-state index in [2.05, 4.69) is 29.0 Å². The van der Waals surface area contributed by atoms with Crippen molar-refractivity contribution in [2.75, 3.05) is 0 Å². The molecule has 0 saturated heterocycles. The number of carbonyl (C=O) groups excluding carboxylic acids is 2. The van der Waals surface area contributed by atoms with Crippen molar-refractivity contribution in [3.8, 4) is 23.7 Å². The van der Waals surface area contributed by atoms with Crippen LogP contribution in [-0.2, 0) is 4.79 Å². The molecule has 0 bridgehead atoms. The Hall–Kier alpha value is -2.80. The first-order valence-electron chi connectivity index (χ1n) is 7.96. The van der Waals surface area contributed by atoms with E-state index in [1.165, 1.54) is 5.48 Å². The molecule has 1 aromatic rings. The van der Waals surface area contributed by atoms with E-state index in [1.807, 2.05) is 0 Å². The summed E-state index contributed by atoms with van der Waals surface area (Å²) in [7, 11) is 0. The molecule has 1 aromatic carbocycles. The molecule has 1 saturated carbocycles. The molecule has 0 spiro atoms. The van der Waals surface area contributed by atoms with Crippen LogP contribution in [0.1, 0.15) is 42.6 Å². The molecule has 2 rings (SSSR count). The van der Waals surface area contributed by atoms with Gasteiger partial charge < -0.3 is 11.1 Å². The van der Waals surface area contributed by atoms with Gasteiger partial charge in [-0.3, -0.25) is 14.8 Å². The van der Waals surface area contributed by atoms with Crippen LogP contribution in [0.25, 0.3) is 0 Å². The Morgan fingerprint density at radius 2 is 1.88 bits per heavy atom. The molecule has 1 aliphatic rings. The van der Waals surface area contributed by atoms with E-state index in [1.54, 1.807) is 38.1 Å². The molecule has 0 radical (unpaired) electrons. The van der Waals surface area contributed by atoms with Crippen molar-refractivity contribution >= 4 is 11.8 Å². The topological polar surface area (TPSA) is 104 Å². The third-order valence-electron chi connectivity index (χ3n) is 3.66. The summed E-state index contributed by atoms with van der Waals surface area (Å²) in [5.74, 6) is 10.8. The fourth-order valence-electron chi connectivity index (χ4n) is 2.04. The first-order valence-corrected chi connectivity index (χ1v) is 7.96.